The Balaban J connectivity index is 1.44. The number of hydrazine groups is 1. The number of carbonyl (C=O) groups is 2. The van der Waals surface area contributed by atoms with Crippen LogP contribution in [0.25, 0.3) is 10.8 Å². The zero-order chi connectivity index (χ0) is 23.9. The van der Waals surface area contributed by atoms with Crippen molar-refractivity contribution >= 4 is 22.6 Å². The Morgan fingerprint density at radius 1 is 0.912 bits per heavy atom. The Labute approximate surface area is 196 Å². The molecular weight excluding hydrogens is 432 g/mol. The number of hydrogen-bond acceptors (Lipinski definition) is 5. The lowest BCUT2D eigenvalue weighted by Crippen LogP contribution is -2.43. The van der Waals surface area contributed by atoms with Crippen LogP contribution in [0.3, 0.4) is 0 Å². The van der Waals surface area contributed by atoms with E-state index >= 15 is 0 Å². The van der Waals surface area contributed by atoms with Crippen LogP contribution in [0, 0.1) is 6.92 Å². The number of hydrogen-bond donors (Lipinski definition) is 2. The third-order valence-electron chi connectivity index (χ3n) is 5.16. The van der Waals surface area contributed by atoms with Gasteiger partial charge in [-0.2, -0.15) is 5.10 Å². The van der Waals surface area contributed by atoms with Crippen molar-refractivity contribution in [2.45, 2.75) is 19.9 Å². The van der Waals surface area contributed by atoms with Crippen LogP contribution in [0.15, 0.2) is 83.7 Å². The van der Waals surface area contributed by atoms with Gasteiger partial charge in [-0.1, -0.05) is 60.7 Å². The van der Waals surface area contributed by atoms with E-state index in [-0.39, 0.29) is 30.8 Å². The summed E-state index contributed by atoms with van der Waals surface area (Å²) < 4.78 is 6.82. The number of aryl methyl sites for hydroxylation is 1. The molecule has 0 unspecified atom stereocenters. The van der Waals surface area contributed by atoms with E-state index in [0.29, 0.717) is 16.5 Å². The van der Waals surface area contributed by atoms with Crippen LogP contribution in [0.2, 0.25) is 0 Å². The summed E-state index contributed by atoms with van der Waals surface area (Å²) in [6.07, 6.45) is 0.0515. The molecule has 34 heavy (non-hydrogen) atoms. The molecule has 0 bridgehead atoms. The van der Waals surface area contributed by atoms with E-state index in [0.717, 1.165) is 11.1 Å². The van der Waals surface area contributed by atoms with Crippen molar-refractivity contribution in [2.75, 3.05) is 6.61 Å². The second-order valence-corrected chi connectivity index (χ2v) is 7.76. The second kappa shape index (κ2) is 10.4. The van der Waals surface area contributed by atoms with Crippen molar-refractivity contribution in [1.82, 2.24) is 20.6 Å². The molecule has 0 aliphatic carbocycles. The van der Waals surface area contributed by atoms with Gasteiger partial charge in [0.1, 0.15) is 5.75 Å². The van der Waals surface area contributed by atoms with Crippen molar-refractivity contribution in [3.8, 4) is 5.75 Å². The van der Waals surface area contributed by atoms with Crippen LogP contribution < -0.4 is 21.1 Å². The van der Waals surface area contributed by atoms with Crippen molar-refractivity contribution in [2.24, 2.45) is 0 Å². The quantitative estimate of drug-likeness (QED) is 0.416. The lowest BCUT2D eigenvalue weighted by Gasteiger charge is -2.12. The maximum absolute atomic E-state index is 12.9. The minimum Gasteiger partial charge on any atom is -0.493 e. The minimum atomic E-state index is -0.619. The predicted octanol–water partition coefficient (Wildman–Crippen LogP) is 2.98. The Bertz CT molecular complexity index is 1380. The number of benzene rings is 3. The molecule has 4 aromatic rings. The third-order valence-corrected chi connectivity index (χ3v) is 5.16. The molecular formula is C26H24N4O4. The van der Waals surface area contributed by atoms with Crippen LogP contribution in [-0.4, -0.2) is 28.2 Å². The number of rotatable bonds is 7. The number of aromatic nitrogens is 2. The molecule has 172 valence electrons. The molecule has 0 saturated carbocycles. The normalized spacial score (nSPS) is 10.6. The average molecular weight is 457 g/mol. The van der Waals surface area contributed by atoms with Gasteiger partial charge < -0.3 is 4.74 Å². The minimum absolute atomic E-state index is 0.0439. The summed E-state index contributed by atoms with van der Waals surface area (Å²) in [5.41, 5.74) is 6.45. The second-order valence-electron chi connectivity index (χ2n) is 7.76. The van der Waals surface area contributed by atoms with Gasteiger partial charge in [0.2, 0.25) is 5.91 Å². The van der Waals surface area contributed by atoms with Gasteiger partial charge in [0.05, 0.1) is 25.0 Å². The van der Waals surface area contributed by atoms with Gasteiger partial charge in [0.25, 0.3) is 11.5 Å². The number of amides is 2. The fourth-order valence-corrected chi connectivity index (χ4v) is 3.48. The first-order valence-corrected chi connectivity index (χ1v) is 10.8. The van der Waals surface area contributed by atoms with Crippen molar-refractivity contribution in [3.63, 3.8) is 0 Å². The van der Waals surface area contributed by atoms with E-state index in [2.05, 4.69) is 16.0 Å². The maximum Gasteiger partial charge on any atom is 0.290 e. The topological polar surface area (TPSA) is 102 Å². The van der Waals surface area contributed by atoms with Crippen LogP contribution in [0.4, 0.5) is 0 Å². The Morgan fingerprint density at radius 2 is 1.65 bits per heavy atom. The smallest absolute Gasteiger partial charge is 0.290 e. The molecule has 3 aromatic carbocycles. The molecule has 4 rings (SSSR count). The maximum atomic E-state index is 12.9. The molecule has 0 aliphatic heterocycles. The molecule has 1 aromatic heterocycles. The average Bonchev–Trinajstić information content (AvgIpc) is 2.85. The van der Waals surface area contributed by atoms with Gasteiger partial charge in [-0.05, 0) is 36.2 Å². The van der Waals surface area contributed by atoms with Crippen LogP contribution >= 0.6 is 0 Å². The van der Waals surface area contributed by atoms with Gasteiger partial charge in [0, 0.05) is 5.39 Å². The first kappa shape index (κ1) is 22.7. The molecule has 8 nitrogen and oxygen atoms in total. The lowest BCUT2D eigenvalue weighted by molar-refractivity contribution is -0.122. The van der Waals surface area contributed by atoms with Crippen LogP contribution in [0.5, 0.6) is 5.75 Å². The highest BCUT2D eigenvalue weighted by molar-refractivity contribution is 6.05. The van der Waals surface area contributed by atoms with Gasteiger partial charge in [-0.3, -0.25) is 25.2 Å². The number of nitrogens with zero attached hydrogens (tertiary/aromatic N) is 2. The van der Waals surface area contributed by atoms with Gasteiger partial charge in [-0.15, -0.1) is 0 Å². The monoisotopic (exact) mass is 456 g/mol. The van der Waals surface area contributed by atoms with Crippen LogP contribution in [-0.2, 0) is 11.3 Å². The molecule has 1 heterocycles. The zero-order valence-corrected chi connectivity index (χ0v) is 18.7. The summed E-state index contributed by atoms with van der Waals surface area (Å²) in [4.78, 5) is 38.0. The lowest BCUT2D eigenvalue weighted by atomic mass is 10.1. The SMILES string of the molecule is Cc1cccc(OCCC(=O)NNC(=O)c2nn(Cc3ccccc3)c(=O)c3ccccc23)c1. The first-order valence-electron chi connectivity index (χ1n) is 10.8. The number of ether oxygens (including phenoxy) is 1. The molecule has 0 spiro atoms. The van der Waals surface area contributed by atoms with Crippen molar-refractivity contribution in [1.29, 1.82) is 0 Å². The van der Waals surface area contributed by atoms with E-state index < -0.39 is 11.8 Å². The third kappa shape index (κ3) is 5.47. The first-order chi connectivity index (χ1) is 16.5. The van der Waals surface area contributed by atoms with Crippen LogP contribution in [0.1, 0.15) is 28.0 Å². The van der Waals surface area contributed by atoms with E-state index in [4.69, 9.17) is 4.74 Å². The molecule has 0 aliphatic rings. The Morgan fingerprint density at radius 3 is 2.41 bits per heavy atom. The van der Waals surface area contributed by atoms with E-state index in [1.54, 1.807) is 24.3 Å². The molecule has 8 heteroatoms. The summed E-state index contributed by atoms with van der Waals surface area (Å²) >= 11 is 0. The highest BCUT2D eigenvalue weighted by Crippen LogP contribution is 2.14. The number of fused-ring (bicyclic) bond motifs is 1. The fraction of sp³-hybridized carbons (Fsp3) is 0.154. The summed E-state index contributed by atoms with van der Waals surface area (Å²) in [5, 5.41) is 5.08. The Hall–Kier alpha value is -4.46. The van der Waals surface area contributed by atoms with Gasteiger partial charge in [0.15, 0.2) is 5.69 Å². The molecule has 2 N–H and O–H groups in total. The van der Waals surface area contributed by atoms with Crippen molar-refractivity contribution < 1.29 is 14.3 Å². The Kier molecular flexibility index (Phi) is 6.98. The summed E-state index contributed by atoms with van der Waals surface area (Å²) in [6.45, 7) is 2.33. The van der Waals surface area contributed by atoms with E-state index in [1.165, 1.54) is 4.68 Å². The highest BCUT2D eigenvalue weighted by Gasteiger charge is 2.17. The van der Waals surface area contributed by atoms with E-state index in [9.17, 15) is 14.4 Å². The summed E-state index contributed by atoms with van der Waals surface area (Å²) in [7, 11) is 0. The van der Waals surface area contributed by atoms with Crippen molar-refractivity contribution in [3.05, 3.63) is 106 Å². The number of carbonyl (C=O) groups excluding carboxylic acids is 2. The zero-order valence-electron chi connectivity index (χ0n) is 18.7. The van der Waals surface area contributed by atoms with Gasteiger partial charge >= 0.3 is 0 Å². The largest absolute Gasteiger partial charge is 0.493 e. The summed E-state index contributed by atoms with van der Waals surface area (Å²) in [6, 6.07) is 23.7. The molecule has 0 saturated heterocycles. The molecule has 0 radical (unpaired) electrons. The summed E-state index contributed by atoms with van der Waals surface area (Å²) in [5.74, 6) is -0.359. The van der Waals surface area contributed by atoms with E-state index in [1.807, 2.05) is 61.5 Å². The molecule has 2 amide bonds. The van der Waals surface area contributed by atoms with Gasteiger partial charge in [-0.25, -0.2) is 4.68 Å². The molecule has 0 atom stereocenters. The highest BCUT2D eigenvalue weighted by atomic mass is 16.5. The molecule has 0 fully saturated rings. The number of nitrogens with one attached hydrogen (secondary N) is 2. The standard InChI is InChI=1S/C26H24N4O4/c1-18-8-7-11-20(16-18)34-15-14-23(31)27-28-25(32)24-21-12-5-6-13-22(21)26(33)30(29-24)17-19-9-3-2-4-10-19/h2-13,16H,14-15,17H2,1H3,(H,27,31)(H,28,32). The fourth-order valence-electron chi connectivity index (χ4n) is 3.48. The predicted molar refractivity (Wildman–Crippen MR) is 128 cm³/mol.